The first-order chi connectivity index (χ1) is 12.0. The lowest BCUT2D eigenvalue weighted by Crippen LogP contribution is -2.50. The van der Waals surface area contributed by atoms with E-state index in [9.17, 15) is 13.6 Å². The van der Waals surface area contributed by atoms with Gasteiger partial charge in [0.1, 0.15) is 11.6 Å². The standard InChI is InChI=1S/C19H21F2N3O/c1-13(14-4-2-8-22-11-14)23-18-5-3-9-24(19(18)25)12-15-6-7-16(20)10-17(15)21/h2,4,6-8,10-11,13,18,23H,3,5,9,12H2,1H3. The van der Waals surface area contributed by atoms with Crippen LogP contribution in [0.5, 0.6) is 0 Å². The van der Waals surface area contributed by atoms with Crippen LogP contribution in [0.3, 0.4) is 0 Å². The molecule has 25 heavy (non-hydrogen) atoms. The number of rotatable bonds is 5. The fourth-order valence-corrected chi connectivity index (χ4v) is 3.14. The van der Waals surface area contributed by atoms with Gasteiger partial charge in [-0.2, -0.15) is 0 Å². The van der Waals surface area contributed by atoms with E-state index in [0.717, 1.165) is 24.5 Å². The van der Waals surface area contributed by atoms with Crippen molar-refractivity contribution < 1.29 is 13.6 Å². The minimum atomic E-state index is -0.619. The van der Waals surface area contributed by atoms with Crippen molar-refractivity contribution in [1.82, 2.24) is 15.2 Å². The number of nitrogens with one attached hydrogen (secondary N) is 1. The van der Waals surface area contributed by atoms with E-state index in [-0.39, 0.29) is 24.5 Å². The van der Waals surface area contributed by atoms with Gasteiger partial charge in [0.15, 0.2) is 0 Å². The third-order valence-corrected chi connectivity index (χ3v) is 4.54. The Morgan fingerprint density at radius 3 is 2.92 bits per heavy atom. The summed E-state index contributed by atoms with van der Waals surface area (Å²) in [6.07, 6.45) is 5.06. The van der Waals surface area contributed by atoms with Crippen molar-refractivity contribution >= 4 is 5.91 Å². The molecule has 1 fully saturated rings. The lowest BCUT2D eigenvalue weighted by molar-refractivity contribution is -0.136. The Morgan fingerprint density at radius 1 is 1.36 bits per heavy atom. The first-order valence-electron chi connectivity index (χ1n) is 8.43. The fourth-order valence-electron chi connectivity index (χ4n) is 3.14. The number of piperidine rings is 1. The van der Waals surface area contributed by atoms with Crippen molar-refractivity contribution in [2.45, 2.75) is 38.4 Å². The number of likely N-dealkylation sites (tertiary alicyclic amines) is 1. The van der Waals surface area contributed by atoms with Gasteiger partial charge >= 0.3 is 0 Å². The zero-order valence-electron chi connectivity index (χ0n) is 14.1. The summed E-state index contributed by atoms with van der Waals surface area (Å²) in [5, 5.41) is 3.34. The van der Waals surface area contributed by atoms with Gasteiger partial charge in [-0.05, 0) is 37.5 Å². The summed E-state index contributed by atoms with van der Waals surface area (Å²) in [5.41, 5.74) is 1.34. The summed E-state index contributed by atoms with van der Waals surface area (Å²) in [4.78, 5) is 18.5. The van der Waals surface area contributed by atoms with E-state index in [4.69, 9.17) is 0 Å². The second-order valence-electron chi connectivity index (χ2n) is 6.37. The van der Waals surface area contributed by atoms with Gasteiger partial charge in [-0.3, -0.25) is 15.1 Å². The number of carbonyl (C=O) groups is 1. The SMILES string of the molecule is CC(NC1CCCN(Cc2ccc(F)cc2F)C1=O)c1cccnc1. The number of halogens is 2. The van der Waals surface area contributed by atoms with E-state index in [1.54, 1.807) is 17.3 Å². The summed E-state index contributed by atoms with van der Waals surface area (Å²) in [6.45, 7) is 2.72. The van der Waals surface area contributed by atoms with Crippen LogP contribution in [0.4, 0.5) is 8.78 Å². The van der Waals surface area contributed by atoms with Crippen LogP contribution >= 0.6 is 0 Å². The zero-order valence-corrected chi connectivity index (χ0v) is 14.1. The van der Waals surface area contributed by atoms with Gasteiger partial charge in [-0.25, -0.2) is 8.78 Å². The van der Waals surface area contributed by atoms with Crippen LogP contribution in [0.25, 0.3) is 0 Å². The van der Waals surface area contributed by atoms with Crippen LogP contribution in [0.15, 0.2) is 42.7 Å². The van der Waals surface area contributed by atoms with Crippen molar-refractivity contribution in [2.75, 3.05) is 6.54 Å². The molecule has 0 radical (unpaired) electrons. The molecule has 4 nitrogen and oxygen atoms in total. The average molecular weight is 345 g/mol. The molecule has 1 aromatic carbocycles. The van der Waals surface area contributed by atoms with Gasteiger partial charge in [-0.15, -0.1) is 0 Å². The minimum absolute atomic E-state index is 0.00911. The number of hydrogen-bond acceptors (Lipinski definition) is 3. The van der Waals surface area contributed by atoms with Crippen LogP contribution in [-0.2, 0) is 11.3 Å². The molecule has 1 amide bonds. The molecule has 1 aromatic heterocycles. The first-order valence-corrected chi connectivity index (χ1v) is 8.43. The van der Waals surface area contributed by atoms with E-state index in [0.29, 0.717) is 12.1 Å². The van der Waals surface area contributed by atoms with Crippen molar-refractivity contribution in [2.24, 2.45) is 0 Å². The molecule has 1 N–H and O–H groups in total. The zero-order chi connectivity index (χ0) is 17.8. The lowest BCUT2D eigenvalue weighted by Gasteiger charge is -2.34. The average Bonchev–Trinajstić information content (AvgIpc) is 2.61. The number of amides is 1. The monoisotopic (exact) mass is 345 g/mol. The highest BCUT2D eigenvalue weighted by atomic mass is 19.1. The smallest absolute Gasteiger partial charge is 0.240 e. The van der Waals surface area contributed by atoms with Gasteiger partial charge in [-0.1, -0.05) is 12.1 Å². The third-order valence-electron chi connectivity index (χ3n) is 4.54. The van der Waals surface area contributed by atoms with E-state index in [1.165, 1.54) is 12.1 Å². The summed E-state index contributed by atoms with van der Waals surface area (Å²) in [6, 6.07) is 6.96. The fraction of sp³-hybridized carbons (Fsp3) is 0.368. The topological polar surface area (TPSA) is 45.2 Å². The van der Waals surface area contributed by atoms with Gasteiger partial charge in [0.25, 0.3) is 0 Å². The maximum absolute atomic E-state index is 13.9. The molecule has 3 rings (SSSR count). The Bertz CT molecular complexity index is 739. The highest BCUT2D eigenvalue weighted by Crippen LogP contribution is 2.20. The molecule has 0 bridgehead atoms. The Labute approximate surface area is 145 Å². The van der Waals surface area contributed by atoms with E-state index in [1.807, 2.05) is 19.1 Å². The number of benzene rings is 1. The molecule has 2 unspecified atom stereocenters. The van der Waals surface area contributed by atoms with Gasteiger partial charge in [0.05, 0.1) is 6.04 Å². The highest BCUT2D eigenvalue weighted by Gasteiger charge is 2.30. The van der Waals surface area contributed by atoms with E-state index < -0.39 is 11.6 Å². The molecule has 132 valence electrons. The van der Waals surface area contributed by atoms with E-state index >= 15 is 0 Å². The van der Waals surface area contributed by atoms with Gasteiger partial charge < -0.3 is 4.90 Å². The second kappa shape index (κ2) is 7.70. The lowest BCUT2D eigenvalue weighted by atomic mass is 10.0. The summed E-state index contributed by atoms with van der Waals surface area (Å²) < 4.78 is 26.9. The maximum atomic E-state index is 13.9. The molecular weight excluding hydrogens is 324 g/mol. The second-order valence-corrected chi connectivity index (χ2v) is 6.37. The molecule has 0 spiro atoms. The Morgan fingerprint density at radius 2 is 2.20 bits per heavy atom. The minimum Gasteiger partial charge on any atom is -0.337 e. The molecule has 0 saturated carbocycles. The molecule has 0 aliphatic carbocycles. The quantitative estimate of drug-likeness (QED) is 0.905. The molecule has 1 aliphatic heterocycles. The Hall–Kier alpha value is -2.34. The highest BCUT2D eigenvalue weighted by molar-refractivity contribution is 5.82. The van der Waals surface area contributed by atoms with Crippen LogP contribution in [0.2, 0.25) is 0 Å². The molecule has 2 aromatic rings. The Balaban J connectivity index is 1.66. The van der Waals surface area contributed by atoms with Crippen LogP contribution in [0.1, 0.15) is 36.9 Å². The Kier molecular flexibility index (Phi) is 5.38. The van der Waals surface area contributed by atoms with Crippen molar-refractivity contribution in [3.05, 3.63) is 65.5 Å². The number of carbonyl (C=O) groups excluding carboxylic acids is 1. The summed E-state index contributed by atoms with van der Waals surface area (Å²) >= 11 is 0. The third kappa shape index (κ3) is 4.20. The van der Waals surface area contributed by atoms with Crippen molar-refractivity contribution in [3.8, 4) is 0 Å². The number of nitrogens with zero attached hydrogens (tertiary/aromatic N) is 2. The molecule has 1 aliphatic rings. The molecule has 6 heteroatoms. The number of hydrogen-bond donors (Lipinski definition) is 1. The van der Waals surface area contributed by atoms with E-state index in [2.05, 4.69) is 10.3 Å². The molecule has 2 heterocycles. The predicted octanol–water partition coefficient (Wildman–Crippen LogP) is 3.20. The summed E-state index contributed by atoms with van der Waals surface area (Å²) in [5.74, 6) is -1.28. The van der Waals surface area contributed by atoms with Crippen molar-refractivity contribution in [3.63, 3.8) is 0 Å². The number of pyridine rings is 1. The predicted molar refractivity (Wildman–Crippen MR) is 90.6 cm³/mol. The van der Waals surface area contributed by atoms with Crippen LogP contribution < -0.4 is 5.32 Å². The largest absolute Gasteiger partial charge is 0.337 e. The maximum Gasteiger partial charge on any atom is 0.240 e. The van der Waals surface area contributed by atoms with Crippen LogP contribution in [0, 0.1) is 11.6 Å². The normalized spacial score (nSPS) is 19.1. The number of aromatic nitrogens is 1. The summed E-state index contributed by atoms with van der Waals surface area (Å²) in [7, 11) is 0. The molecule has 1 saturated heterocycles. The molecular formula is C19H21F2N3O. The van der Waals surface area contributed by atoms with Crippen molar-refractivity contribution in [1.29, 1.82) is 0 Å². The van der Waals surface area contributed by atoms with Crippen LogP contribution in [-0.4, -0.2) is 28.4 Å². The van der Waals surface area contributed by atoms with Gasteiger partial charge in [0, 0.05) is 43.2 Å². The first kappa shape index (κ1) is 17.5. The molecule has 2 atom stereocenters. The van der Waals surface area contributed by atoms with Gasteiger partial charge in [0.2, 0.25) is 5.91 Å².